The predicted molar refractivity (Wildman–Crippen MR) is 43.3 cm³/mol. The van der Waals surface area contributed by atoms with Crippen LogP contribution in [0.1, 0.15) is 25.3 Å². The maximum atomic E-state index is 13.1. The van der Waals surface area contributed by atoms with Gasteiger partial charge >= 0.3 is 0 Å². The van der Waals surface area contributed by atoms with Crippen molar-refractivity contribution in [3.05, 3.63) is 28.8 Å². The first-order valence-corrected chi connectivity index (χ1v) is 3.80. The zero-order chi connectivity index (χ0) is 8.43. The van der Waals surface area contributed by atoms with Gasteiger partial charge in [0, 0.05) is 6.20 Å². The molecule has 0 amide bonds. The molecular weight excluding hydrogens is 165 g/mol. The summed E-state index contributed by atoms with van der Waals surface area (Å²) in [5.41, 5.74) is 0.616. The molecule has 0 saturated carbocycles. The van der Waals surface area contributed by atoms with Crippen molar-refractivity contribution < 1.29 is 4.39 Å². The number of rotatable bonds is 1. The lowest BCUT2D eigenvalue weighted by Gasteiger charge is -2.05. The van der Waals surface area contributed by atoms with Gasteiger partial charge in [-0.15, -0.1) is 0 Å². The molecule has 3 heteroatoms. The molecule has 0 unspecified atom stereocenters. The second-order valence-corrected chi connectivity index (χ2v) is 3.02. The maximum Gasteiger partial charge on any atom is 0.165 e. The summed E-state index contributed by atoms with van der Waals surface area (Å²) in [6.07, 6.45) is 1.51. The van der Waals surface area contributed by atoms with Crippen molar-refractivity contribution in [3.63, 3.8) is 0 Å². The van der Waals surface area contributed by atoms with Crippen LogP contribution in [-0.2, 0) is 0 Å². The monoisotopic (exact) mass is 173 g/mol. The van der Waals surface area contributed by atoms with Gasteiger partial charge in [0.2, 0.25) is 0 Å². The van der Waals surface area contributed by atoms with Crippen molar-refractivity contribution in [1.29, 1.82) is 0 Å². The lowest BCUT2D eigenvalue weighted by molar-refractivity contribution is 0.592. The van der Waals surface area contributed by atoms with Gasteiger partial charge in [0.05, 0.1) is 0 Å². The fraction of sp³-hybridized carbons (Fsp3) is 0.375. The van der Waals surface area contributed by atoms with E-state index in [1.807, 2.05) is 13.8 Å². The van der Waals surface area contributed by atoms with Gasteiger partial charge in [-0.1, -0.05) is 25.4 Å². The summed E-state index contributed by atoms with van der Waals surface area (Å²) in [4.78, 5) is 3.61. The first kappa shape index (κ1) is 8.47. The van der Waals surface area contributed by atoms with Crippen LogP contribution in [0.3, 0.4) is 0 Å². The average molecular weight is 174 g/mol. The smallest absolute Gasteiger partial charge is 0.165 e. The van der Waals surface area contributed by atoms with E-state index >= 15 is 0 Å². The normalized spacial score (nSPS) is 10.6. The molecule has 0 radical (unpaired) electrons. The van der Waals surface area contributed by atoms with Crippen LogP contribution >= 0.6 is 11.6 Å². The molecule has 0 aliphatic heterocycles. The molecule has 0 fully saturated rings. The highest BCUT2D eigenvalue weighted by Crippen LogP contribution is 2.21. The Labute approximate surface area is 70.2 Å². The van der Waals surface area contributed by atoms with Crippen LogP contribution in [0.4, 0.5) is 4.39 Å². The van der Waals surface area contributed by atoms with Crippen molar-refractivity contribution in [2.45, 2.75) is 19.8 Å². The van der Waals surface area contributed by atoms with E-state index in [0.717, 1.165) is 0 Å². The molecule has 0 spiro atoms. The third-order valence-corrected chi connectivity index (χ3v) is 1.76. The van der Waals surface area contributed by atoms with Crippen LogP contribution in [0.15, 0.2) is 12.3 Å². The third kappa shape index (κ3) is 1.69. The van der Waals surface area contributed by atoms with Crippen LogP contribution in [0.2, 0.25) is 5.15 Å². The Morgan fingerprint density at radius 2 is 2.18 bits per heavy atom. The minimum Gasteiger partial charge on any atom is -0.242 e. The van der Waals surface area contributed by atoms with E-state index in [-0.39, 0.29) is 11.1 Å². The average Bonchev–Trinajstić information content (AvgIpc) is 1.94. The fourth-order valence-electron chi connectivity index (χ4n) is 0.878. The van der Waals surface area contributed by atoms with Gasteiger partial charge < -0.3 is 0 Å². The Kier molecular flexibility index (Phi) is 2.45. The number of nitrogens with zero attached hydrogens (tertiary/aromatic N) is 1. The van der Waals surface area contributed by atoms with E-state index in [9.17, 15) is 4.39 Å². The molecule has 0 N–H and O–H groups in total. The van der Waals surface area contributed by atoms with Gasteiger partial charge in [-0.25, -0.2) is 9.37 Å². The second kappa shape index (κ2) is 3.18. The molecule has 0 aliphatic carbocycles. The lowest BCUT2D eigenvalue weighted by atomic mass is 10.1. The van der Waals surface area contributed by atoms with Crippen molar-refractivity contribution in [3.8, 4) is 0 Å². The second-order valence-electron chi connectivity index (χ2n) is 2.66. The standard InChI is InChI=1S/C8H9ClFN/c1-5(2)6-3-4-11-8(9)7(6)10/h3-5H,1-2H3. The topological polar surface area (TPSA) is 12.9 Å². The molecule has 0 aliphatic rings. The van der Waals surface area contributed by atoms with E-state index in [1.165, 1.54) is 6.20 Å². The molecular formula is C8H9ClFN. The van der Waals surface area contributed by atoms with E-state index in [0.29, 0.717) is 5.56 Å². The van der Waals surface area contributed by atoms with Crippen molar-refractivity contribution in [2.75, 3.05) is 0 Å². The Bertz CT molecular complexity index is 260. The van der Waals surface area contributed by atoms with Gasteiger partial charge in [-0.3, -0.25) is 0 Å². The summed E-state index contributed by atoms with van der Waals surface area (Å²) in [5.74, 6) is -0.250. The molecule has 1 nitrogen and oxygen atoms in total. The third-order valence-electron chi connectivity index (χ3n) is 1.50. The van der Waals surface area contributed by atoms with Gasteiger partial charge in [0.15, 0.2) is 11.0 Å². The molecule has 1 rings (SSSR count). The van der Waals surface area contributed by atoms with Gasteiger partial charge in [0.1, 0.15) is 0 Å². The van der Waals surface area contributed by atoms with Gasteiger partial charge in [0.25, 0.3) is 0 Å². The van der Waals surface area contributed by atoms with Crippen LogP contribution in [0.25, 0.3) is 0 Å². The molecule has 1 aromatic rings. The summed E-state index contributed by atoms with van der Waals surface area (Å²) in [6, 6.07) is 1.64. The molecule has 11 heavy (non-hydrogen) atoms. The summed E-state index contributed by atoms with van der Waals surface area (Å²) in [7, 11) is 0. The highest BCUT2D eigenvalue weighted by Gasteiger charge is 2.09. The Morgan fingerprint density at radius 1 is 1.55 bits per heavy atom. The number of pyridine rings is 1. The van der Waals surface area contributed by atoms with E-state index in [2.05, 4.69) is 4.98 Å². The number of aromatic nitrogens is 1. The minimum absolute atomic E-state index is 0.0452. The number of hydrogen-bond acceptors (Lipinski definition) is 1. The van der Waals surface area contributed by atoms with E-state index in [1.54, 1.807) is 6.07 Å². The molecule has 1 aromatic heterocycles. The zero-order valence-corrected chi connectivity index (χ0v) is 7.19. The fourth-order valence-corrected chi connectivity index (χ4v) is 1.04. The molecule has 60 valence electrons. The molecule has 0 saturated heterocycles. The summed E-state index contributed by atoms with van der Waals surface area (Å²) in [6.45, 7) is 3.82. The molecule has 0 bridgehead atoms. The largest absolute Gasteiger partial charge is 0.242 e. The van der Waals surface area contributed by atoms with Crippen molar-refractivity contribution in [2.24, 2.45) is 0 Å². The number of hydrogen-bond donors (Lipinski definition) is 0. The first-order chi connectivity index (χ1) is 5.13. The Balaban J connectivity index is 3.17. The SMILES string of the molecule is CC(C)c1ccnc(Cl)c1F. The van der Waals surface area contributed by atoms with Crippen LogP contribution in [0.5, 0.6) is 0 Å². The summed E-state index contributed by atoms with van der Waals surface area (Å²) < 4.78 is 13.1. The summed E-state index contributed by atoms with van der Waals surface area (Å²) >= 11 is 5.47. The van der Waals surface area contributed by atoms with Gasteiger partial charge in [-0.2, -0.15) is 0 Å². The van der Waals surface area contributed by atoms with Crippen molar-refractivity contribution in [1.82, 2.24) is 4.98 Å². The van der Waals surface area contributed by atoms with E-state index < -0.39 is 5.82 Å². The van der Waals surface area contributed by atoms with Gasteiger partial charge in [-0.05, 0) is 17.5 Å². The summed E-state index contributed by atoms with van der Waals surface area (Å²) in [5, 5.41) is -0.0452. The Hall–Kier alpha value is -0.630. The predicted octanol–water partition coefficient (Wildman–Crippen LogP) is 3.00. The van der Waals surface area contributed by atoms with E-state index in [4.69, 9.17) is 11.6 Å². The Morgan fingerprint density at radius 3 is 2.64 bits per heavy atom. The highest BCUT2D eigenvalue weighted by atomic mass is 35.5. The minimum atomic E-state index is -0.399. The zero-order valence-electron chi connectivity index (χ0n) is 6.44. The first-order valence-electron chi connectivity index (χ1n) is 3.43. The van der Waals surface area contributed by atoms with Crippen LogP contribution in [-0.4, -0.2) is 4.98 Å². The number of halogens is 2. The van der Waals surface area contributed by atoms with Crippen LogP contribution < -0.4 is 0 Å². The lowest BCUT2D eigenvalue weighted by Crippen LogP contribution is -1.94. The molecule has 0 aromatic carbocycles. The molecule has 0 atom stereocenters. The maximum absolute atomic E-state index is 13.1. The van der Waals surface area contributed by atoms with Crippen molar-refractivity contribution >= 4 is 11.6 Å². The molecule has 1 heterocycles. The highest BCUT2D eigenvalue weighted by molar-refractivity contribution is 6.29. The quantitative estimate of drug-likeness (QED) is 0.595. The van der Waals surface area contributed by atoms with Crippen LogP contribution in [0, 0.1) is 5.82 Å².